The summed E-state index contributed by atoms with van der Waals surface area (Å²) in [6.07, 6.45) is 5.01. The average molecular weight is 335 g/mol. The second-order valence-corrected chi connectivity index (χ2v) is 7.11. The Balaban J connectivity index is 1.69. The van der Waals surface area contributed by atoms with Crippen molar-refractivity contribution >= 4 is 34.4 Å². The molecular weight excluding hydrogens is 312 g/mol. The molecule has 1 atom stereocenters. The summed E-state index contributed by atoms with van der Waals surface area (Å²) in [5.74, 6) is 0. The van der Waals surface area contributed by atoms with E-state index in [9.17, 15) is 0 Å². The number of hydrogen-bond donors (Lipinski definition) is 2. The molecule has 1 aliphatic carbocycles. The summed E-state index contributed by atoms with van der Waals surface area (Å²) in [6.45, 7) is 5.00. The molecule has 4 rings (SSSR count). The highest BCUT2D eigenvalue weighted by atomic mass is 35.5. The Bertz CT molecular complexity index is 695. The molecular formula is C17H23ClN4O. The molecule has 2 aromatic rings. The minimum atomic E-state index is 0.374. The van der Waals surface area contributed by atoms with Gasteiger partial charge in [0.1, 0.15) is 5.52 Å². The zero-order chi connectivity index (χ0) is 15.8. The first-order valence-corrected chi connectivity index (χ1v) is 8.92. The molecule has 6 heteroatoms. The molecule has 0 amide bonds. The number of anilines is 2. The van der Waals surface area contributed by atoms with E-state index in [-0.39, 0.29) is 0 Å². The van der Waals surface area contributed by atoms with E-state index < -0.39 is 0 Å². The molecule has 1 aromatic heterocycles. The Kier molecular flexibility index (Phi) is 4.07. The molecule has 2 heterocycles. The Morgan fingerprint density at radius 3 is 2.96 bits per heavy atom. The minimum Gasteiger partial charge on any atom is -0.421 e. The van der Waals surface area contributed by atoms with E-state index in [1.807, 2.05) is 12.1 Å². The van der Waals surface area contributed by atoms with Crippen LogP contribution in [0, 0.1) is 0 Å². The van der Waals surface area contributed by atoms with Crippen molar-refractivity contribution in [3.05, 3.63) is 17.2 Å². The van der Waals surface area contributed by atoms with E-state index in [1.54, 1.807) is 0 Å². The van der Waals surface area contributed by atoms with Crippen LogP contribution in [0.15, 0.2) is 16.5 Å². The van der Waals surface area contributed by atoms with Crippen LogP contribution in [0.3, 0.4) is 0 Å². The average Bonchev–Trinajstić information content (AvgIpc) is 3.17. The Morgan fingerprint density at radius 2 is 2.17 bits per heavy atom. The normalized spacial score (nSPS) is 22.9. The SMILES string of the molecule is CC1CNCCN1c1nc2cc(Cl)cc(NC3CCCC3)c2o1. The van der Waals surface area contributed by atoms with Gasteiger partial charge >= 0.3 is 0 Å². The second-order valence-electron chi connectivity index (χ2n) is 6.67. The number of oxazole rings is 1. The Labute approximate surface area is 141 Å². The largest absolute Gasteiger partial charge is 0.421 e. The molecule has 0 bridgehead atoms. The molecule has 1 saturated heterocycles. The summed E-state index contributed by atoms with van der Waals surface area (Å²) < 4.78 is 6.14. The lowest BCUT2D eigenvalue weighted by Crippen LogP contribution is -2.50. The predicted molar refractivity (Wildman–Crippen MR) is 94.6 cm³/mol. The van der Waals surface area contributed by atoms with Crippen molar-refractivity contribution < 1.29 is 4.42 Å². The van der Waals surface area contributed by atoms with E-state index in [0.717, 1.165) is 36.4 Å². The first kappa shape index (κ1) is 15.1. The van der Waals surface area contributed by atoms with Crippen LogP contribution in [-0.2, 0) is 0 Å². The first-order chi connectivity index (χ1) is 11.2. The molecule has 1 aromatic carbocycles. The van der Waals surface area contributed by atoms with Crippen molar-refractivity contribution in [2.24, 2.45) is 0 Å². The molecule has 5 nitrogen and oxygen atoms in total. The number of piperazine rings is 1. The summed E-state index contributed by atoms with van der Waals surface area (Å²) in [6, 6.07) is 5.43. The maximum absolute atomic E-state index is 6.29. The summed E-state index contributed by atoms with van der Waals surface area (Å²) in [4.78, 5) is 6.92. The molecule has 124 valence electrons. The van der Waals surface area contributed by atoms with Gasteiger partial charge in [-0.2, -0.15) is 4.98 Å². The fourth-order valence-electron chi connectivity index (χ4n) is 3.63. The van der Waals surface area contributed by atoms with Crippen molar-refractivity contribution in [2.45, 2.75) is 44.7 Å². The van der Waals surface area contributed by atoms with E-state index in [1.165, 1.54) is 25.7 Å². The van der Waals surface area contributed by atoms with Gasteiger partial charge in [0.15, 0.2) is 5.58 Å². The lowest BCUT2D eigenvalue weighted by molar-refractivity contribution is 0.456. The molecule has 23 heavy (non-hydrogen) atoms. The lowest BCUT2D eigenvalue weighted by Gasteiger charge is -2.32. The van der Waals surface area contributed by atoms with Crippen molar-refractivity contribution in [1.82, 2.24) is 10.3 Å². The number of halogens is 1. The summed E-state index contributed by atoms with van der Waals surface area (Å²) >= 11 is 6.29. The standard InChI is InChI=1S/C17H23ClN4O/c1-11-10-19-6-7-22(11)17-21-15-9-12(18)8-14(16(15)23-17)20-13-4-2-3-5-13/h8-9,11,13,19-20H,2-7,10H2,1H3. The van der Waals surface area contributed by atoms with Crippen molar-refractivity contribution in [3.63, 3.8) is 0 Å². The molecule has 2 fully saturated rings. The fourth-order valence-corrected chi connectivity index (χ4v) is 3.84. The van der Waals surface area contributed by atoms with Crippen LogP contribution in [0.25, 0.3) is 11.1 Å². The van der Waals surface area contributed by atoms with Gasteiger partial charge < -0.3 is 20.0 Å². The second kappa shape index (κ2) is 6.21. The molecule has 0 spiro atoms. The number of fused-ring (bicyclic) bond motifs is 1. The zero-order valence-electron chi connectivity index (χ0n) is 13.4. The molecule has 2 N–H and O–H groups in total. The number of hydrogen-bond acceptors (Lipinski definition) is 5. The smallest absolute Gasteiger partial charge is 0.298 e. The third kappa shape index (κ3) is 3.00. The lowest BCUT2D eigenvalue weighted by atomic mass is 10.2. The highest BCUT2D eigenvalue weighted by molar-refractivity contribution is 6.31. The number of nitrogens with zero attached hydrogens (tertiary/aromatic N) is 2. The van der Waals surface area contributed by atoms with Crippen LogP contribution in [-0.4, -0.2) is 36.7 Å². The van der Waals surface area contributed by atoms with Crippen LogP contribution < -0.4 is 15.5 Å². The van der Waals surface area contributed by atoms with Gasteiger partial charge in [0.2, 0.25) is 0 Å². The van der Waals surface area contributed by atoms with Gasteiger partial charge in [-0.05, 0) is 31.9 Å². The van der Waals surface area contributed by atoms with Crippen molar-refractivity contribution in [1.29, 1.82) is 0 Å². The van der Waals surface area contributed by atoms with Crippen LogP contribution >= 0.6 is 11.6 Å². The first-order valence-electron chi connectivity index (χ1n) is 8.55. The highest BCUT2D eigenvalue weighted by Crippen LogP contribution is 2.34. The number of nitrogens with one attached hydrogen (secondary N) is 2. The van der Waals surface area contributed by atoms with Crippen LogP contribution in [0.2, 0.25) is 5.02 Å². The number of aromatic nitrogens is 1. The van der Waals surface area contributed by atoms with Crippen LogP contribution in [0.5, 0.6) is 0 Å². The van der Waals surface area contributed by atoms with Gasteiger partial charge in [0.05, 0.1) is 5.69 Å². The maximum Gasteiger partial charge on any atom is 0.298 e. The molecule has 0 radical (unpaired) electrons. The van der Waals surface area contributed by atoms with E-state index >= 15 is 0 Å². The third-order valence-electron chi connectivity index (χ3n) is 4.91. The quantitative estimate of drug-likeness (QED) is 0.897. The van der Waals surface area contributed by atoms with Crippen molar-refractivity contribution in [3.8, 4) is 0 Å². The zero-order valence-corrected chi connectivity index (χ0v) is 14.2. The fraction of sp³-hybridized carbons (Fsp3) is 0.588. The van der Waals surface area contributed by atoms with Gasteiger partial charge in [0, 0.05) is 36.7 Å². The maximum atomic E-state index is 6.29. The Morgan fingerprint density at radius 1 is 1.35 bits per heavy atom. The molecule has 1 unspecified atom stereocenters. The van der Waals surface area contributed by atoms with Crippen LogP contribution in [0.1, 0.15) is 32.6 Å². The molecule has 2 aliphatic rings. The van der Waals surface area contributed by atoms with E-state index in [4.69, 9.17) is 16.0 Å². The molecule has 1 saturated carbocycles. The summed E-state index contributed by atoms with van der Waals surface area (Å²) in [5.41, 5.74) is 2.63. The summed E-state index contributed by atoms with van der Waals surface area (Å²) in [5, 5.41) is 7.70. The van der Waals surface area contributed by atoms with Gasteiger partial charge in [-0.15, -0.1) is 0 Å². The highest BCUT2D eigenvalue weighted by Gasteiger charge is 2.24. The monoisotopic (exact) mass is 334 g/mol. The third-order valence-corrected chi connectivity index (χ3v) is 5.12. The van der Waals surface area contributed by atoms with Gasteiger partial charge in [-0.1, -0.05) is 24.4 Å². The van der Waals surface area contributed by atoms with E-state index in [0.29, 0.717) is 23.1 Å². The topological polar surface area (TPSA) is 53.3 Å². The van der Waals surface area contributed by atoms with Gasteiger partial charge in [-0.25, -0.2) is 0 Å². The Hall–Kier alpha value is -1.46. The predicted octanol–water partition coefficient (Wildman–Crippen LogP) is 3.63. The number of benzene rings is 1. The number of rotatable bonds is 3. The van der Waals surface area contributed by atoms with Crippen LogP contribution in [0.4, 0.5) is 11.7 Å². The van der Waals surface area contributed by atoms with Gasteiger partial charge in [-0.3, -0.25) is 0 Å². The minimum absolute atomic E-state index is 0.374. The summed E-state index contributed by atoms with van der Waals surface area (Å²) in [7, 11) is 0. The van der Waals surface area contributed by atoms with Crippen molar-refractivity contribution in [2.75, 3.05) is 29.9 Å². The van der Waals surface area contributed by atoms with Gasteiger partial charge in [0.25, 0.3) is 6.01 Å². The van der Waals surface area contributed by atoms with E-state index in [2.05, 4.69) is 27.4 Å². The molecule has 1 aliphatic heterocycles.